The fourth-order valence-corrected chi connectivity index (χ4v) is 3.03. The summed E-state index contributed by atoms with van der Waals surface area (Å²) in [5.74, 6) is 0. The van der Waals surface area contributed by atoms with Gasteiger partial charge in [0.1, 0.15) is 0 Å². The Morgan fingerprint density at radius 1 is 1.00 bits per heavy atom. The summed E-state index contributed by atoms with van der Waals surface area (Å²) in [5, 5.41) is 0. The summed E-state index contributed by atoms with van der Waals surface area (Å²) in [5.41, 5.74) is 5.59. The van der Waals surface area contributed by atoms with Crippen LogP contribution in [0.4, 0.5) is 0 Å². The second-order valence-electron chi connectivity index (χ2n) is 7.83. The van der Waals surface area contributed by atoms with E-state index in [0.717, 1.165) is 6.54 Å². The van der Waals surface area contributed by atoms with Gasteiger partial charge in [0, 0.05) is 6.54 Å². The van der Waals surface area contributed by atoms with Crippen molar-refractivity contribution in [2.45, 2.75) is 67.2 Å². The van der Waals surface area contributed by atoms with Crippen LogP contribution >= 0.6 is 0 Å². The third kappa shape index (κ3) is 3.75. The van der Waals surface area contributed by atoms with E-state index in [-0.39, 0.29) is 0 Å². The van der Waals surface area contributed by atoms with E-state index in [2.05, 4.69) is 66.6 Å². The fraction of sp³-hybridized carbons (Fsp3) is 0.789. The molecule has 1 heteroatoms. The van der Waals surface area contributed by atoms with Crippen LogP contribution in [0.1, 0.15) is 67.2 Å². The lowest BCUT2D eigenvalue weighted by atomic mass is 9.69. The molecular formula is C19H35N. The minimum absolute atomic E-state index is 0.302. The van der Waals surface area contributed by atoms with Crippen LogP contribution in [0.25, 0.3) is 0 Å². The van der Waals surface area contributed by atoms with Crippen molar-refractivity contribution in [1.82, 2.24) is 4.90 Å². The van der Waals surface area contributed by atoms with Crippen LogP contribution in [-0.4, -0.2) is 25.5 Å². The molecule has 0 radical (unpaired) electrons. The summed E-state index contributed by atoms with van der Waals surface area (Å²) in [7, 11) is 4.34. The maximum atomic E-state index is 2.52. The van der Waals surface area contributed by atoms with Crippen LogP contribution in [0.3, 0.4) is 0 Å². The van der Waals surface area contributed by atoms with Crippen molar-refractivity contribution < 1.29 is 0 Å². The second kappa shape index (κ2) is 6.47. The summed E-state index contributed by atoms with van der Waals surface area (Å²) in [4.78, 5) is 2.30. The average Bonchev–Trinajstić information content (AvgIpc) is 2.81. The molecule has 0 amide bonds. The molecule has 0 heterocycles. The molecule has 0 atom stereocenters. The normalized spacial score (nSPS) is 17.1. The number of hydrogen-bond donors (Lipinski definition) is 0. The van der Waals surface area contributed by atoms with Crippen LogP contribution in [0, 0.1) is 10.8 Å². The summed E-state index contributed by atoms with van der Waals surface area (Å²) >= 11 is 0. The Hall–Kier alpha value is -0.560. The predicted molar refractivity (Wildman–Crippen MR) is 91.0 cm³/mol. The smallest absolute Gasteiger partial charge is 0.00128 e. The first kappa shape index (κ1) is 17.5. The highest BCUT2D eigenvalue weighted by molar-refractivity contribution is 5.49. The van der Waals surface area contributed by atoms with Gasteiger partial charge in [0.25, 0.3) is 0 Å². The molecular weight excluding hydrogens is 242 g/mol. The first-order valence-corrected chi connectivity index (χ1v) is 8.24. The van der Waals surface area contributed by atoms with Crippen molar-refractivity contribution in [2.75, 3.05) is 20.6 Å². The van der Waals surface area contributed by atoms with Crippen LogP contribution in [-0.2, 0) is 0 Å². The fourth-order valence-electron chi connectivity index (χ4n) is 3.03. The molecule has 1 aliphatic rings. The molecule has 0 bridgehead atoms. The molecule has 0 aliphatic heterocycles. The standard InChI is InChI=1S/C19H35N/c1-9-18(3,4)16-12-11-15(13-14-20(7)8)17(16)19(5,6)10-2/h12H,9-11,13-14H2,1-8H3. The summed E-state index contributed by atoms with van der Waals surface area (Å²) < 4.78 is 0. The molecule has 1 nitrogen and oxygen atoms in total. The Morgan fingerprint density at radius 2 is 1.55 bits per heavy atom. The highest BCUT2D eigenvalue weighted by Gasteiger charge is 2.36. The first-order chi connectivity index (χ1) is 9.15. The van der Waals surface area contributed by atoms with Crippen molar-refractivity contribution in [1.29, 1.82) is 0 Å². The van der Waals surface area contributed by atoms with Gasteiger partial charge in [-0.15, -0.1) is 0 Å². The van der Waals surface area contributed by atoms with E-state index in [0.29, 0.717) is 10.8 Å². The molecule has 0 unspecified atom stereocenters. The molecule has 0 spiro atoms. The van der Waals surface area contributed by atoms with Crippen LogP contribution in [0.2, 0.25) is 0 Å². The summed E-state index contributed by atoms with van der Waals surface area (Å²) in [6, 6.07) is 0. The molecule has 0 saturated heterocycles. The van der Waals surface area contributed by atoms with E-state index < -0.39 is 0 Å². The zero-order valence-corrected chi connectivity index (χ0v) is 15.1. The lowest BCUT2D eigenvalue weighted by Gasteiger charge is -2.36. The lowest BCUT2D eigenvalue weighted by Crippen LogP contribution is -2.24. The van der Waals surface area contributed by atoms with Gasteiger partial charge in [0.05, 0.1) is 0 Å². The van der Waals surface area contributed by atoms with Gasteiger partial charge in [-0.3, -0.25) is 0 Å². The largest absolute Gasteiger partial charge is 0.309 e. The van der Waals surface area contributed by atoms with Crippen LogP contribution in [0.5, 0.6) is 0 Å². The molecule has 1 aliphatic carbocycles. The van der Waals surface area contributed by atoms with E-state index in [1.54, 1.807) is 16.7 Å². The third-order valence-corrected chi connectivity index (χ3v) is 5.21. The minimum Gasteiger partial charge on any atom is -0.309 e. The Morgan fingerprint density at radius 3 is 2.00 bits per heavy atom. The topological polar surface area (TPSA) is 3.24 Å². The maximum Gasteiger partial charge on any atom is 0.00128 e. The number of hydrogen-bond acceptors (Lipinski definition) is 1. The van der Waals surface area contributed by atoms with Gasteiger partial charge < -0.3 is 4.90 Å². The Labute approximate surface area is 127 Å². The van der Waals surface area contributed by atoms with Crippen molar-refractivity contribution in [2.24, 2.45) is 10.8 Å². The van der Waals surface area contributed by atoms with Gasteiger partial charge in [0.2, 0.25) is 0 Å². The number of nitrogens with zero attached hydrogens (tertiary/aromatic N) is 1. The SMILES string of the molecule is CCC(C)(C)C1=CCC(CCN(C)C)=C1C(C)(C)CC. The first-order valence-electron chi connectivity index (χ1n) is 8.24. The monoisotopic (exact) mass is 277 g/mol. The van der Waals surface area contributed by atoms with E-state index in [1.807, 2.05) is 0 Å². The maximum absolute atomic E-state index is 2.52. The molecule has 20 heavy (non-hydrogen) atoms. The molecule has 1 rings (SSSR count). The average molecular weight is 277 g/mol. The molecule has 0 aromatic rings. The van der Waals surface area contributed by atoms with Crippen LogP contribution in [0.15, 0.2) is 22.8 Å². The van der Waals surface area contributed by atoms with Crippen molar-refractivity contribution >= 4 is 0 Å². The Bertz CT molecular complexity index is 394. The third-order valence-electron chi connectivity index (χ3n) is 5.21. The zero-order valence-electron chi connectivity index (χ0n) is 15.1. The highest BCUT2D eigenvalue weighted by atomic mass is 15.0. The van der Waals surface area contributed by atoms with Gasteiger partial charge in [-0.05, 0) is 61.8 Å². The number of allylic oxidation sites excluding steroid dienone is 3. The Kier molecular flexibility index (Phi) is 5.66. The van der Waals surface area contributed by atoms with Gasteiger partial charge in [-0.25, -0.2) is 0 Å². The Balaban J connectivity index is 3.16. The quantitative estimate of drug-likeness (QED) is 0.599. The van der Waals surface area contributed by atoms with Gasteiger partial charge in [-0.1, -0.05) is 53.2 Å². The van der Waals surface area contributed by atoms with Gasteiger partial charge in [0.15, 0.2) is 0 Å². The van der Waals surface area contributed by atoms with Crippen molar-refractivity contribution in [3.63, 3.8) is 0 Å². The van der Waals surface area contributed by atoms with E-state index in [9.17, 15) is 0 Å². The van der Waals surface area contributed by atoms with Crippen molar-refractivity contribution in [3.8, 4) is 0 Å². The number of rotatable bonds is 7. The summed E-state index contributed by atoms with van der Waals surface area (Å²) in [6.45, 7) is 15.4. The minimum atomic E-state index is 0.302. The van der Waals surface area contributed by atoms with Crippen LogP contribution < -0.4 is 0 Å². The molecule has 0 aromatic heterocycles. The van der Waals surface area contributed by atoms with E-state index >= 15 is 0 Å². The molecule has 0 N–H and O–H groups in total. The predicted octanol–water partition coefficient (Wildman–Crippen LogP) is 5.44. The molecule has 0 aromatic carbocycles. The molecule has 116 valence electrons. The molecule has 0 saturated carbocycles. The highest BCUT2D eigenvalue weighted by Crippen LogP contribution is 2.50. The van der Waals surface area contributed by atoms with E-state index in [1.165, 1.54) is 25.7 Å². The molecule has 0 fully saturated rings. The second-order valence-corrected chi connectivity index (χ2v) is 7.83. The summed E-state index contributed by atoms with van der Waals surface area (Å²) in [6.07, 6.45) is 7.33. The van der Waals surface area contributed by atoms with Crippen molar-refractivity contribution in [3.05, 3.63) is 22.8 Å². The van der Waals surface area contributed by atoms with E-state index in [4.69, 9.17) is 0 Å². The lowest BCUT2D eigenvalue weighted by molar-refractivity contribution is 0.374. The van der Waals surface area contributed by atoms with Gasteiger partial charge in [-0.2, -0.15) is 0 Å². The zero-order chi connectivity index (χ0) is 15.6. The van der Waals surface area contributed by atoms with Gasteiger partial charge >= 0.3 is 0 Å².